The van der Waals surface area contributed by atoms with Gasteiger partial charge in [-0.05, 0) is 36.8 Å². The van der Waals surface area contributed by atoms with E-state index in [9.17, 15) is 9.59 Å². The van der Waals surface area contributed by atoms with Gasteiger partial charge in [0.15, 0.2) is 0 Å². The maximum atomic E-state index is 11.1. The van der Waals surface area contributed by atoms with Crippen LogP contribution in [0.15, 0.2) is 48.5 Å². The molecule has 0 fully saturated rings. The van der Waals surface area contributed by atoms with Crippen LogP contribution in [0.5, 0.6) is 0 Å². The van der Waals surface area contributed by atoms with Gasteiger partial charge in [0.25, 0.3) is 0 Å². The Morgan fingerprint density at radius 1 is 1.00 bits per heavy atom. The van der Waals surface area contributed by atoms with Crippen molar-refractivity contribution in [2.45, 2.75) is 12.8 Å². The second kappa shape index (κ2) is 6.09. The third-order valence-corrected chi connectivity index (χ3v) is 3.22. The molecule has 108 valence electrons. The van der Waals surface area contributed by atoms with E-state index in [2.05, 4.69) is 5.32 Å². The topological polar surface area (TPSA) is 86.6 Å². The molecule has 0 aliphatic heterocycles. The first-order valence-electron chi connectivity index (χ1n) is 6.41. The number of anilines is 2. The Morgan fingerprint density at radius 3 is 2.19 bits per heavy atom. The van der Waals surface area contributed by atoms with Crippen molar-refractivity contribution in [3.8, 4) is 0 Å². The Hall–Kier alpha value is -2.82. The number of carbonyl (C=O) groups is 2. The normalized spacial score (nSPS) is 11.7. The summed E-state index contributed by atoms with van der Waals surface area (Å²) in [5.74, 6) is -2.47. The second-order valence-corrected chi connectivity index (χ2v) is 4.66. The molecule has 0 saturated heterocycles. The summed E-state index contributed by atoms with van der Waals surface area (Å²) in [6, 6.07) is 13.5. The van der Waals surface area contributed by atoms with Gasteiger partial charge in [0.2, 0.25) is 0 Å². The average molecular weight is 285 g/mol. The van der Waals surface area contributed by atoms with Gasteiger partial charge in [-0.1, -0.05) is 24.3 Å². The molecule has 0 heterocycles. The van der Waals surface area contributed by atoms with Crippen molar-refractivity contribution in [2.24, 2.45) is 0 Å². The van der Waals surface area contributed by atoms with Crippen LogP contribution in [-0.2, 0) is 4.79 Å². The van der Waals surface area contributed by atoms with E-state index < -0.39 is 17.9 Å². The summed E-state index contributed by atoms with van der Waals surface area (Å²) in [6.45, 7) is 1.62. The molecule has 0 saturated carbocycles. The Balaban J connectivity index is 2.22. The van der Waals surface area contributed by atoms with Gasteiger partial charge >= 0.3 is 11.9 Å². The molecule has 0 amide bonds. The molecule has 2 aromatic carbocycles. The molecule has 0 aliphatic rings. The van der Waals surface area contributed by atoms with E-state index in [-0.39, 0.29) is 5.56 Å². The van der Waals surface area contributed by atoms with Crippen molar-refractivity contribution in [1.29, 1.82) is 0 Å². The number of hydrogen-bond acceptors (Lipinski definition) is 3. The number of aromatic carboxylic acids is 1. The van der Waals surface area contributed by atoms with Gasteiger partial charge in [-0.3, -0.25) is 4.79 Å². The number of benzene rings is 2. The maximum Gasteiger partial charge on any atom is 0.337 e. The standard InChI is InChI=1S/C16H15NO4/c1-10(15(18)19)11-6-8-12(9-7-11)17-14-5-3-2-4-13(14)16(20)21/h2-10,17H,1H3,(H,18,19)(H,20,21)/t10-/m1/s1. The maximum absolute atomic E-state index is 11.1. The lowest BCUT2D eigenvalue weighted by Gasteiger charge is -2.11. The lowest BCUT2D eigenvalue weighted by atomic mass is 10.0. The van der Waals surface area contributed by atoms with Crippen LogP contribution in [0.25, 0.3) is 0 Å². The van der Waals surface area contributed by atoms with Crippen LogP contribution in [0.1, 0.15) is 28.8 Å². The SMILES string of the molecule is C[C@@H](C(=O)O)c1ccc(Nc2ccccc2C(=O)O)cc1. The lowest BCUT2D eigenvalue weighted by molar-refractivity contribution is -0.138. The smallest absolute Gasteiger partial charge is 0.337 e. The van der Waals surface area contributed by atoms with Crippen LogP contribution < -0.4 is 5.32 Å². The van der Waals surface area contributed by atoms with Crippen molar-refractivity contribution in [3.05, 3.63) is 59.7 Å². The molecule has 0 radical (unpaired) electrons. The van der Waals surface area contributed by atoms with Crippen LogP contribution >= 0.6 is 0 Å². The van der Waals surface area contributed by atoms with Crippen LogP contribution in [0, 0.1) is 0 Å². The minimum atomic E-state index is -1.01. The summed E-state index contributed by atoms with van der Waals surface area (Å²) in [5, 5.41) is 21.1. The summed E-state index contributed by atoms with van der Waals surface area (Å²) in [7, 11) is 0. The van der Waals surface area contributed by atoms with Gasteiger partial charge < -0.3 is 15.5 Å². The molecule has 21 heavy (non-hydrogen) atoms. The zero-order valence-corrected chi connectivity index (χ0v) is 11.4. The fraction of sp³-hybridized carbons (Fsp3) is 0.125. The first kappa shape index (κ1) is 14.6. The summed E-state index contributed by atoms with van der Waals surface area (Å²) in [4.78, 5) is 22.0. The van der Waals surface area contributed by atoms with Crippen molar-refractivity contribution >= 4 is 23.3 Å². The van der Waals surface area contributed by atoms with E-state index >= 15 is 0 Å². The summed E-state index contributed by atoms with van der Waals surface area (Å²) in [5.41, 5.74) is 2.06. The van der Waals surface area contributed by atoms with E-state index in [4.69, 9.17) is 10.2 Å². The molecule has 0 spiro atoms. The largest absolute Gasteiger partial charge is 0.481 e. The molecule has 1 atom stereocenters. The molecule has 5 nitrogen and oxygen atoms in total. The average Bonchev–Trinajstić information content (AvgIpc) is 2.47. The number of aliphatic carboxylic acids is 1. The zero-order chi connectivity index (χ0) is 15.4. The summed E-state index contributed by atoms with van der Waals surface area (Å²) < 4.78 is 0. The van der Waals surface area contributed by atoms with E-state index in [0.717, 1.165) is 0 Å². The predicted octanol–water partition coefficient (Wildman–Crippen LogP) is 3.32. The highest BCUT2D eigenvalue weighted by atomic mass is 16.4. The first-order valence-corrected chi connectivity index (χ1v) is 6.41. The molecule has 2 aromatic rings. The highest BCUT2D eigenvalue weighted by molar-refractivity contribution is 5.95. The minimum absolute atomic E-state index is 0.181. The number of para-hydroxylation sites is 1. The van der Waals surface area contributed by atoms with E-state index in [0.29, 0.717) is 16.9 Å². The number of hydrogen-bond donors (Lipinski definition) is 3. The van der Waals surface area contributed by atoms with Crippen LogP contribution in [-0.4, -0.2) is 22.2 Å². The molecule has 0 aromatic heterocycles. The summed E-state index contributed by atoms with van der Waals surface area (Å²) >= 11 is 0. The molecule has 0 bridgehead atoms. The Kier molecular flexibility index (Phi) is 4.23. The van der Waals surface area contributed by atoms with Gasteiger partial charge in [-0.15, -0.1) is 0 Å². The van der Waals surface area contributed by atoms with Crippen LogP contribution in [0.4, 0.5) is 11.4 Å². The fourth-order valence-electron chi connectivity index (χ4n) is 1.93. The molecule has 2 rings (SSSR count). The van der Waals surface area contributed by atoms with E-state index in [1.165, 1.54) is 6.07 Å². The summed E-state index contributed by atoms with van der Waals surface area (Å²) in [6.07, 6.45) is 0. The van der Waals surface area contributed by atoms with Crippen molar-refractivity contribution in [3.63, 3.8) is 0 Å². The lowest BCUT2D eigenvalue weighted by Crippen LogP contribution is -2.07. The molecule has 3 N–H and O–H groups in total. The van der Waals surface area contributed by atoms with Crippen LogP contribution in [0.2, 0.25) is 0 Å². The molecular weight excluding hydrogens is 270 g/mol. The number of carboxylic acid groups (broad SMARTS) is 2. The number of nitrogens with one attached hydrogen (secondary N) is 1. The Bertz CT molecular complexity index is 664. The monoisotopic (exact) mass is 285 g/mol. The van der Waals surface area contributed by atoms with Gasteiger partial charge in [0, 0.05) is 5.69 Å². The first-order chi connectivity index (χ1) is 9.99. The molecule has 5 heteroatoms. The van der Waals surface area contributed by atoms with Gasteiger partial charge in [0.05, 0.1) is 17.2 Å². The highest BCUT2D eigenvalue weighted by Gasteiger charge is 2.13. The Morgan fingerprint density at radius 2 is 1.62 bits per heavy atom. The van der Waals surface area contributed by atoms with Crippen molar-refractivity contribution in [1.82, 2.24) is 0 Å². The van der Waals surface area contributed by atoms with E-state index in [1.807, 2.05) is 0 Å². The third kappa shape index (κ3) is 3.39. The molecular formula is C16H15NO4. The van der Waals surface area contributed by atoms with E-state index in [1.54, 1.807) is 49.4 Å². The second-order valence-electron chi connectivity index (χ2n) is 4.66. The Labute approximate surface area is 121 Å². The highest BCUT2D eigenvalue weighted by Crippen LogP contribution is 2.23. The zero-order valence-electron chi connectivity index (χ0n) is 11.4. The van der Waals surface area contributed by atoms with Crippen LogP contribution in [0.3, 0.4) is 0 Å². The van der Waals surface area contributed by atoms with Gasteiger partial charge in [-0.25, -0.2) is 4.79 Å². The van der Waals surface area contributed by atoms with Crippen molar-refractivity contribution < 1.29 is 19.8 Å². The third-order valence-electron chi connectivity index (χ3n) is 3.22. The number of rotatable bonds is 5. The number of carboxylic acids is 2. The molecule has 0 aliphatic carbocycles. The fourth-order valence-corrected chi connectivity index (χ4v) is 1.93. The van der Waals surface area contributed by atoms with Crippen molar-refractivity contribution in [2.75, 3.05) is 5.32 Å². The predicted molar refractivity (Wildman–Crippen MR) is 79.2 cm³/mol. The quantitative estimate of drug-likeness (QED) is 0.784. The van der Waals surface area contributed by atoms with Gasteiger partial charge in [0.1, 0.15) is 0 Å². The molecule has 0 unspecified atom stereocenters. The van der Waals surface area contributed by atoms with Gasteiger partial charge in [-0.2, -0.15) is 0 Å². The minimum Gasteiger partial charge on any atom is -0.481 e.